The molecular weight excluding hydrogens is 334 g/mol. The van der Waals surface area contributed by atoms with Crippen molar-refractivity contribution in [3.8, 4) is 11.5 Å². The molecule has 6 heteroatoms. The Morgan fingerprint density at radius 1 is 1.19 bits per heavy atom. The number of halogens is 1. The molecule has 0 spiro atoms. The van der Waals surface area contributed by atoms with Crippen LogP contribution in [0.15, 0.2) is 41.0 Å². The normalized spacial score (nSPS) is 15.0. The maximum absolute atomic E-state index is 5.88. The third kappa shape index (κ3) is 3.28. The van der Waals surface area contributed by atoms with Crippen molar-refractivity contribution < 1.29 is 9.47 Å². The highest BCUT2D eigenvalue weighted by Gasteiger charge is 2.14. The first kappa shape index (κ1) is 14.2. The molecule has 1 saturated heterocycles. The number of morpholine rings is 1. The molecule has 0 bridgehead atoms. The zero-order chi connectivity index (χ0) is 14.7. The molecule has 21 heavy (non-hydrogen) atoms. The summed E-state index contributed by atoms with van der Waals surface area (Å²) in [5.41, 5.74) is 6.93. The van der Waals surface area contributed by atoms with Crippen LogP contribution in [0.3, 0.4) is 0 Å². The van der Waals surface area contributed by atoms with Crippen LogP contribution in [-0.4, -0.2) is 31.3 Å². The number of hydrogen-bond acceptors (Lipinski definition) is 5. The summed E-state index contributed by atoms with van der Waals surface area (Å²) in [4.78, 5) is 6.30. The van der Waals surface area contributed by atoms with Crippen molar-refractivity contribution in [3.63, 3.8) is 0 Å². The van der Waals surface area contributed by atoms with E-state index in [0.717, 1.165) is 42.2 Å². The maximum atomic E-state index is 5.88. The molecule has 2 aromatic rings. The van der Waals surface area contributed by atoms with Gasteiger partial charge in [-0.15, -0.1) is 0 Å². The molecule has 0 amide bonds. The number of benzene rings is 1. The summed E-state index contributed by atoms with van der Waals surface area (Å²) in [6, 6.07) is 9.64. The summed E-state index contributed by atoms with van der Waals surface area (Å²) in [6.45, 7) is 3.27. The Hall–Kier alpha value is -1.79. The van der Waals surface area contributed by atoms with Crippen LogP contribution in [0.2, 0.25) is 0 Å². The zero-order valence-corrected chi connectivity index (χ0v) is 13.0. The molecule has 1 aliphatic heterocycles. The second kappa shape index (κ2) is 6.32. The minimum atomic E-state index is 0.376. The molecule has 1 aromatic heterocycles. The van der Waals surface area contributed by atoms with E-state index in [2.05, 4.69) is 31.9 Å². The molecule has 2 heterocycles. The number of nitrogens with zero attached hydrogens (tertiary/aromatic N) is 2. The van der Waals surface area contributed by atoms with Gasteiger partial charge < -0.3 is 20.1 Å². The molecule has 2 N–H and O–H groups in total. The van der Waals surface area contributed by atoms with Gasteiger partial charge in [0.05, 0.1) is 17.7 Å². The minimum Gasteiger partial charge on any atom is -0.452 e. The summed E-state index contributed by atoms with van der Waals surface area (Å²) in [7, 11) is 0. The number of anilines is 2. The van der Waals surface area contributed by atoms with E-state index in [1.54, 1.807) is 18.3 Å². The van der Waals surface area contributed by atoms with Crippen molar-refractivity contribution in [1.29, 1.82) is 0 Å². The van der Waals surface area contributed by atoms with E-state index >= 15 is 0 Å². The fourth-order valence-corrected chi connectivity index (χ4v) is 2.52. The van der Waals surface area contributed by atoms with Gasteiger partial charge in [-0.3, -0.25) is 0 Å². The monoisotopic (exact) mass is 349 g/mol. The minimum absolute atomic E-state index is 0.376. The third-order valence-electron chi connectivity index (χ3n) is 3.31. The summed E-state index contributed by atoms with van der Waals surface area (Å²) in [5.74, 6) is 1.65. The van der Waals surface area contributed by atoms with E-state index in [1.807, 2.05) is 12.1 Å². The smallest absolute Gasteiger partial charge is 0.169 e. The van der Waals surface area contributed by atoms with Crippen molar-refractivity contribution in [2.24, 2.45) is 0 Å². The molecule has 0 saturated carbocycles. The van der Waals surface area contributed by atoms with Gasteiger partial charge >= 0.3 is 0 Å². The summed E-state index contributed by atoms with van der Waals surface area (Å²) < 4.78 is 12.1. The Morgan fingerprint density at radius 3 is 2.76 bits per heavy atom. The number of ether oxygens (including phenoxy) is 2. The lowest BCUT2D eigenvalue weighted by Gasteiger charge is -2.29. The van der Waals surface area contributed by atoms with Gasteiger partial charge in [0.1, 0.15) is 5.75 Å². The molecule has 1 aliphatic rings. The molecule has 3 rings (SSSR count). The summed E-state index contributed by atoms with van der Waals surface area (Å²) >= 11 is 3.51. The Balaban J connectivity index is 1.86. The third-order valence-corrected chi connectivity index (χ3v) is 3.97. The van der Waals surface area contributed by atoms with Crippen LogP contribution >= 0.6 is 15.9 Å². The zero-order valence-electron chi connectivity index (χ0n) is 11.5. The Morgan fingerprint density at radius 2 is 2.00 bits per heavy atom. The van der Waals surface area contributed by atoms with Gasteiger partial charge in [0, 0.05) is 31.0 Å². The quantitative estimate of drug-likeness (QED) is 0.922. The van der Waals surface area contributed by atoms with Gasteiger partial charge in [0.25, 0.3) is 0 Å². The standard InChI is InChI=1S/C15H16BrN3O2/c16-12-4-3-11(19-6-8-20-9-7-19)10-14(12)21-13-2-1-5-18-15(13)17/h1-5,10H,6-9H2,(H2,17,18). The van der Waals surface area contributed by atoms with Crippen LogP contribution in [0.5, 0.6) is 11.5 Å². The molecule has 0 unspecified atom stereocenters. The van der Waals surface area contributed by atoms with Crippen molar-refractivity contribution in [2.45, 2.75) is 0 Å². The molecule has 1 aromatic carbocycles. The summed E-state index contributed by atoms with van der Waals surface area (Å²) in [5, 5.41) is 0. The molecule has 0 radical (unpaired) electrons. The van der Waals surface area contributed by atoms with Crippen LogP contribution in [0.1, 0.15) is 0 Å². The average molecular weight is 350 g/mol. The average Bonchev–Trinajstić information content (AvgIpc) is 2.52. The lowest BCUT2D eigenvalue weighted by atomic mass is 10.2. The van der Waals surface area contributed by atoms with Crippen molar-refractivity contribution in [2.75, 3.05) is 36.9 Å². The molecule has 5 nitrogen and oxygen atoms in total. The van der Waals surface area contributed by atoms with Gasteiger partial charge in [-0.25, -0.2) is 4.98 Å². The van der Waals surface area contributed by atoms with Crippen LogP contribution in [0, 0.1) is 0 Å². The Labute approximate surface area is 131 Å². The van der Waals surface area contributed by atoms with Crippen LogP contribution < -0.4 is 15.4 Å². The van der Waals surface area contributed by atoms with Crippen molar-refractivity contribution in [3.05, 3.63) is 41.0 Å². The first-order chi connectivity index (χ1) is 10.2. The first-order valence-corrected chi connectivity index (χ1v) is 7.54. The van der Waals surface area contributed by atoms with E-state index in [9.17, 15) is 0 Å². The molecular formula is C15H16BrN3O2. The van der Waals surface area contributed by atoms with Gasteiger partial charge in [0.15, 0.2) is 11.6 Å². The largest absolute Gasteiger partial charge is 0.452 e. The van der Waals surface area contributed by atoms with E-state index in [4.69, 9.17) is 15.2 Å². The number of hydrogen-bond donors (Lipinski definition) is 1. The SMILES string of the molecule is Nc1ncccc1Oc1cc(N2CCOCC2)ccc1Br. The van der Waals surface area contributed by atoms with Gasteiger partial charge in [-0.2, -0.15) is 0 Å². The second-order valence-electron chi connectivity index (χ2n) is 4.70. The van der Waals surface area contributed by atoms with Crippen LogP contribution in [0.25, 0.3) is 0 Å². The van der Waals surface area contributed by atoms with E-state index in [1.165, 1.54) is 0 Å². The second-order valence-corrected chi connectivity index (χ2v) is 5.56. The predicted octanol–water partition coefficient (Wildman–Crippen LogP) is 3.06. The number of nitrogens with two attached hydrogens (primary N) is 1. The number of aromatic nitrogens is 1. The van der Waals surface area contributed by atoms with E-state index in [0.29, 0.717) is 11.6 Å². The van der Waals surface area contributed by atoms with E-state index < -0.39 is 0 Å². The number of rotatable bonds is 3. The molecule has 0 aliphatic carbocycles. The van der Waals surface area contributed by atoms with Gasteiger partial charge in [0.2, 0.25) is 0 Å². The predicted molar refractivity (Wildman–Crippen MR) is 85.9 cm³/mol. The first-order valence-electron chi connectivity index (χ1n) is 6.74. The maximum Gasteiger partial charge on any atom is 0.169 e. The van der Waals surface area contributed by atoms with Gasteiger partial charge in [-0.05, 0) is 40.2 Å². The number of nitrogen functional groups attached to an aromatic ring is 1. The van der Waals surface area contributed by atoms with Crippen molar-refractivity contribution >= 4 is 27.4 Å². The Bertz CT molecular complexity index is 630. The van der Waals surface area contributed by atoms with Crippen LogP contribution in [-0.2, 0) is 4.74 Å². The molecule has 1 fully saturated rings. The summed E-state index contributed by atoms with van der Waals surface area (Å²) in [6.07, 6.45) is 1.64. The van der Waals surface area contributed by atoms with Crippen LogP contribution in [0.4, 0.5) is 11.5 Å². The van der Waals surface area contributed by atoms with E-state index in [-0.39, 0.29) is 0 Å². The fourth-order valence-electron chi connectivity index (χ4n) is 2.20. The molecule has 110 valence electrons. The van der Waals surface area contributed by atoms with Crippen molar-refractivity contribution in [1.82, 2.24) is 4.98 Å². The fraction of sp³-hybridized carbons (Fsp3) is 0.267. The van der Waals surface area contributed by atoms with Gasteiger partial charge in [-0.1, -0.05) is 0 Å². The Kier molecular flexibility index (Phi) is 4.26. The lowest BCUT2D eigenvalue weighted by molar-refractivity contribution is 0.122. The highest BCUT2D eigenvalue weighted by molar-refractivity contribution is 9.10. The lowest BCUT2D eigenvalue weighted by Crippen LogP contribution is -2.36. The highest BCUT2D eigenvalue weighted by atomic mass is 79.9. The number of pyridine rings is 1. The molecule has 0 atom stereocenters. The highest BCUT2D eigenvalue weighted by Crippen LogP contribution is 2.35. The topological polar surface area (TPSA) is 60.6 Å².